The van der Waals surface area contributed by atoms with Crippen LogP contribution in [-0.4, -0.2) is 22.0 Å². The van der Waals surface area contributed by atoms with Gasteiger partial charge in [-0.05, 0) is 37.7 Å². The Bertz CT molecular complexity index is 678. The minimum atomic E-state index is 0.884. The number of rotatable bonds is 3. The number of aryl methyl sites for hydroxylation is 1. The zero-order valence-corrected chi connectivity index (χ0v) is 10.5. The van der Waals surface area contributed by atoms with E-state index in [9.17, 15) is 0 Å². The SMILES string of the molecule is CNCc1cc(-c2ccc3nc[nH]c3c2)[nH]c1C. The predicted octanol–water partition coefficient (Wildman–Crippen LogP) is 2.59. The normalized spacial score (nSPS) is 11.2. The van der Waals surface area contributed by atoms with Crippen molar-refractivity contribution in [1.29, 1.82) is 0 Å². The van der Waals surface area contributed by atoms with Crippen molar-refractivity contribution in [3.05, 3.63) is 41.9 Å². The second-order valence-electron chi connectivity index (χ2n) is 4.50. The summed E-state index contributed by atoms with van der Waals surface area (Å²) in [6, 6.07) is 8.45. The van der Waals surface area contributed by atoms with Crippen LogP contribution in [0.3, 0.4) is 0 Å². The van der Waals surface area contributed by atoms with E-state index in [2.05, 4.69) is 45.4 Å². The topological polar surface area (TPSA) is 56.5 Å². The van der Waals surface area contributed by atoms with Gasteiger partial charge in [0.2, 0.25) is 0 Å². The summed E-state index contributed by atoms with van der Waals surface area (Å²) in [5, 5.41) is 3.18. The van der Waals surface area contributed by atoms with Crippen molar-refractivity contribution in [3.63, 3.8) is 0 Å². The minimum absolute atomic E-state index is 0.884. The Labute approximate surface area is 105 Å². The molecule has 0 aliphatic rings. The molecule has 0 aliphatic carbocycles. The first-order valence-electron chi connectivity index (χ1n) is 6.04. The lowest BCUT2D eigenvalue weighted by Crippen LogP contribution is -2.04. The Kier molecular flexibility index (Phi) is 2.64. The predicted molar refractivity (Wildman–Crippen MR) is 73.4 cm³/mol. The lowest BCUT2D eigenvalue weighted by molar-refractivity contribution is 0.812. The lowest BCUT2D eigenvalue weighted by Gasteiger charge is -1.97. The van der Waals surface area contributed by atoms with Crippen LogP contribution in [0, 0.1) is 6.92 Å². The van der Waals surface area contributed by atoms with Gasteiger partial charge in [0.25, 0.3) is 0 Å². The molecule has 4 heteroatoms. The lowest BCUT2D eigenvalue weighted by atomic mass is 10.1. The van der Waals surface area contributed by atoms with Gasteiger partial charge in [-0.1, -0.05) is 6.07 Å². The molecule has 0 spiro atoms. The molecule has 3 N–H and O–H groups in total. The number of imidazole rings is 1. The van der Waals surface area contributed by atoms with Crippen LogP contribution in [0.15, 0.2) is 30.6 Å². The minimum Gasteiger partial charge on any atom is -0.358 e. The smallest absolute Gasteiger partial charge is 0.0931 e. The van der Waals surface area contributed by atoms with Crippen LogP contribution in [0.25, 0.3) is 22.3 Å². The summed E-state index contributed by atoms with van der Waals surface area (Å²) in [4.78, 5) is 10.8. The summed E-state index contributed by atoms with van der Waals surface area (Å²) in [6.07, 6.45) is 1.72. The van der Waals surface area contributed by atoms with Gasteiger partial charge >= 0.3 is 0 Å². The van der Waals surface area contributed by atoms with E-state index >= 15 is 0 Å². The van der Waals surface area contributed by atoms with Crippen molar-refractivity contribution in [2.45, 2.75) is 13.5 Å². The first-order chi connectivity index (χ1) is 8.78. The summed E-state index contributed by atoms with van der Waals surface area (Å²) in [6.45, 7) is 2.99. The Morgan fingerprint density at radius 1 is 1.28 bits per heavy atom. The maximum atomic E-state index is 4.23. The number of benzene rings is 1. The Balaban J connectivity index is 2.05. The van der Waals surface area contributed by atoms with Crippen LogP contribution in [0.1, 0.15) is 11.3 Å². The van der Waals surface area contributed by atoms with Crippen LogP contribution in [0.2, 0.25) is 0 Å². The first-order valence-corrected chi connectivity index (χ1v) is 6.04. The molecule has 0 atom stereocenters. The number of aromatic nitrogens is 3. The third kappa shape index (κ3) is 1.80. The molecule has 92 valence electrons. The Morgan fingerprint density at radius 2 is 2.17 bits per heavy atom. The number of hydrogen-bond donors (Lipinski definition) is 3. The van der Waals surface area contributed by atoms with Gasteiger partial charge in [0.05, 0.1) is 17.4 Å². The number of H-pyrrole nitrogens is 2. The van der Waals surface area contributed by atoms with Crippen LogP contribution in [0.5, 0.6) is 0 Å². The number of fused-ring (bicyclic) bond motifs is 1. The first kappa shape index (κ1) is 11.0. The summed E-state index contributed by atoms with van der Waals surface area (Å²) >= 11 is 0. The van der Waals surface area contributed by atoms with E-state index in [4.69, 9.17) is 0 Å². The third-order valence-corrected chi connectivity index (χ3v) is 3.22. The van der Waals surface area contributed by atoms with Gasteiger partial charge in [0.15, 0.2) is 0 Å². The highest BCUT2D eigenvalue weighted by molar-refractivity contribution is 5.80. The van der Waals surface area contributed by atoms with Gasteiger partial charge in [-0.15, -0.1) is 0 Å². The Morgan fingerprint density at radius 3 is 3.00 bits per heavy atom. The fourth-order valence-corrected chi connectivity index (χ4v) is 2.23. The molecule has 1 aromatic carbocycles. The largest absolute Gasteiger partial charge is 0.358 e. The van der Waals surface area contributed by atoms with E-state index < -0.39 is 0 Å². The molecule has 18 heavy (non-hydrogen) atoms. The summed E-state index contributed by atoms with van der Waals surface area (Å²) < 4.78 is 0. The average molecular weight is 240 g/mol. The number of nitrogens with zero attached hydrogens (tertiary/aromatic N) is 1. The van der Waals surface area contributed by atoms with E-state index in [-0.39, 0.29) is 0 Å². The fraction of sp³-hybridized carbons (Fsp3) is 0.214. The third-order valence-electron chi connectivity index (χ3n) is 3.22. The molecule has 0 aliphatic heterocycles. The van der Waals surface area contributed by atoms with Crippen molar-refractivity contribution in [3.8, 4) is 11.3 Å². The van der Waals surface area contributed by atoms with Crippen LogP contribution >= 0.6 is 0 Å². The van der Waals surface area contributed by atoms with Crippen LogP contribution < -0.4 is 5.32 Å². The zero-order valence-electron chi connectivity index (χ0n) is 10.5. The molecule has 4 nitrogen and oxygen atoms in total. The van der Waals surface area contributed by atoms with E-state index in [0.717, 1.165) is 23.3 Å². The molecular weight excluding hydrogens is 224 g/mol. The van der Waals surface area contributed by atoms with Crippen molar-refractivity contribution in [1.82, 2.24) is 20.3 Å². The highest BCUT2D eigenvalue weighted by Crippen LogP contribution is 2.24. The molecule has 0 unspecified atom stereocenters. The maximum Gasteiger partial charge on any atom is 0.0931 e. The molecular formula is C14H16N4. The van der Waals surface area contributed by atoms with Gasteiger partial charge in [-0.2, -0.15) is 0 Å². The van der Waals surface area contributed by atoms with E-state index in [1.54, 1.807) is 6.33 Å². The van der Waals surface area contributed by atoms with Gasteiger partial charge < -0.3 is 15.3 Å². The molecule has 3 rings (SSSR count). The standard InChI is InChI=1S/C14H16N4/c1-9-11(7-15-2)6-13(18-9)10-3-4-12-14(5-10)17-8-16-12/h3-6,8,15,18H,7H2,1-2H3,(H,16,17). The highest BCUT2D eigenvalue weighted by atomic mass is 14.9. The molecule has 0 amide bonds. The fourth-order valence-electron chi connectivity index (χ4n) is 2.23. The molecule has 0 saturated carbocycles. The molecule has 0 radical (unpaired) electrons. The van der Waals surface area contributed by atoms with Crippen molar-refractivity contribution >= 4 is 11.0 Å². The van der Waals surface area contributed by atoms with Gasteiger partial charge in [-0.25, -0.2) is 4.98 Å². The molecule has 0 saturated heterocycles. The number of aromatic amines is 2. The van der Waals surface area contributed by atoms with Crippen LogP contribution in [0.4, 0.5) is 0 Å². The van der Waals surface area contributed by atoms with E-state index in [1.807, 2.05) is 13.1 Å². The second-order valence-corrected chi connectivity index (χ2v) is 4.50. The summed E-state index contributed by atoms with van der Waals surface area (Å²) in [5.41, 5.74) is 6.90. The number of hydrogen-bond acceptors (Lipinski definition) is 2. The monoisotopic (exact) mass is 240 g/mol. The van der Waals surface area contributed by atoms with Crippen molar-refractivity contribution < 1.29 is 0 Å². The van der Waals surface area contributed by atoms with Crippen molar-refractivity contribution in [2.75, 3.05) is 7.05 Å². The molecule has 0 bridgehead atoms. The Hall–Kier alpha value is -2.07. The van der Waals surface area contributed by atoms with Crippen molar-refractivity contribution in [2.24, 2.45) is 0 Å². The van der Waals surface area contributed by atoms with E-state index in [0.29, 0.717) is 0 Å². The second kappa shape index (κ2) is 4.31. The quantitative estimate of drug-likeness (QED) is 0.659. The number of nitrogens with one attached hydrogen (secondary N) is 3. The average Bonchev–Trinajstić information content (AvgIpc) is 2.96. The molecule has 0 fully saturated rings. The van der Waals surface area contributed by atoms with Crippen LogP contribution in [-0.2, 0) is 6.54 Å². The summed E-state index contributed by atoms with van der Waals surface area (Å²) in [7, 11) is 1.96. The summed E-state index contributed by atoms with van der Waals surface area (Å²) in [5.74, 6) is 0. The van der Waals surface area contributed by atoms with E-state index in [1.165, 1.54) is 16.8 Å². The highest BCUT2D eigenvalue weighted by Gasteiger charge is 2.07. The van der Waals surface area contributed by atoms with Gasteiger partial charge in [0, 0.05) is 23.5 Å². The molecule has 2 heterocycles. The molecule has 2 aromatic heterocycles. The van der Waals surface area contributed by atoms with Gasteiger partial charge in [-0.3, -0.25) is 0 Å². The maximum absolute atomic E-state index is 4.23. The molecule has 3 aromatic rings. The zero-order chi connectivity index (χ0) is 12.5. The van der Waals surface area contributed by atoms with Gasteiger partial charge in [0.1, 0.15) is 0 Å².